The first kappa shape index (κ1) is 35.5. The van der Waals surface area contributed by atoms with E-state index in [2.05, 4.69) is 147 Å². The fourth-order valence-electron chi connectivity index (χ4n) is 13.1. The van der Waals surface area contributed by atoms with E-state index in [1.54, 1.807) is 4.90 Å². The molecule has 0 radical (unpaired) electrons. The molecule has 0 saturated carbocycles. The van der Waals surface area contributed by atoms with Gasteiger partial charge in [-0.3, -0.25) is 0 Å². The van der Waals surface area contributed by atoms with Gasteiger partial charge in [-0.2, -0.15) is 0 Å². The second kappa shape index (κ2) is 16.4. The van der Waals surface area contributed by atoms with Crippen molar-refractivity contribution in [1.29, 1.82) is 0 Å². The molecule has 2 heterocycles. The number of hydrogen-bond acceptors (Lipinski definition) is 3. The number of benzene rings is 12. The molecule has 3 nitrogen and oxygen atoms in total. The van der Waals surface area contributed by atoms with Gasteiger partial charge in [-0.1, -0.05) is 214 Å². The highest BCUT2D eigenvalue weighted by Gasteiger charge is 2.52. The van der Waals surface area contributed by atoms with E-state index in [0.29, 0.717) is 28.4 Å². The zero-order chi connectivity index (χ0) is 58.8. The van der Waals surface area contributed by atoms with Crippen LogP contribution >= 0.6 is 0 Å². The van der Waals surface area contributed by atoms with Crippen LogP contribution < -0.4 is 9.64 Å². The number of furan rings is 1. The predicted molar refractivity (Wildman–Crippen MR) is 317 cm³/mol. The fraction of sp³-hybridized carbons (Fsp3) is 0.0541. The van der Waals surface area contributed by atoms with Gasteiger partial charge in [-0.15, -0.1) is 0 Å². The molecule has 1 aliphatic heterocycles. The highest BCUT2D eigenvalue weighted by molar-refractivity contribution is 6.15. The average molecular weight is 993 g/mol. The number of nitrogens with zero attached hydrogens (tertiary/aromatic N) is 1. The number of anilines is 3. The summed E-state index contributed by atoms with van der Waals surface area (Å²) in [4.78, 5) is 1.77. The Morgan fingerprint density at radius 3 is 1.73 bits per heavy atom. The average Bonchev–Trinajstić information content (AvgIpc) is 1.47. The summed E-state index contributed by atoms with van der Waals surface area (Å²) >= 11 is 0. The molecular weight excluding hydrogens is 935 g/mol. The Bertz CT molecular complexity index is 5040. The van der Waals surface area contributed by atoms with Crippen molar-refractivity contribution in [3.63, 3.8) is 0 Å². The lowest BCUT2D eigenvalue weighted by Crippen LogP contribution is -2.32. The molecule has 3 aliphatic rings. The van der Waals surface area contributed by atoms with Gasteiger partial charge in [0.15, 0.2) is 0 Å². The van der Waals surface area contributed by atoms with Crippen molar-refractivity contribution in [2.75, 3.05) is 4.90 Å². The quantitative estimate of drug-likeness (QED) is 0.166. The summed E-state index contributed by atoms with van der Waals surface area (Å²) in [5, 5.41) is 4.06. The highest BCUT2D eigenvalue weighted by Crippen LogP contribution is 2.65. The Hall–Kier alpha value is -9.70. The maximum absolute atomic E-state index is 10.2. The molecule has 13 aromatic rings. The van der Waals surface area contributed by atoms with Gasteiger partial charge in [0.1, 0.15) is 22.7 Å². The van der Waals surface area contributed by atoms with E-state index in [1.807, 2.05) is 72.8 Å². The number of rotatable bonds is 6. The van der Waals surface area contributed by atoms with Crippen molar-refractivity contribution in [3.05, 3.63) is 294 Å². The Morgan fingerprint density at radius 1 is 0.403 bits per heavy atom. The van der Waals surface area contributed by atoms with Crippen LogP contribution in [0.2, 0.25) is 0 Å². The van der Waals surface area contributed by atoms with Crippen LogP contribution in [0, 0.1) is 0 Å². The summed E-state index contributed by atoms with van der Waals surface area (Å²) in [5.41, 5.74) is 14.2. The van der Waals surface area contributed by atoms with Gasteiger partial charge >= 0.3 is 0 Å². The smallest absolute Gasteiger partial charge is 0.142 e. The third-order valence-corrected chi connectivity index (χ3v) is 16.5. The van der Waals surface area contributed by atoms with E-state index in [9.17, 15) is 5.48 Å². The molecule has 0 amide bonds. The van der Waals surface area contributed by atoms with Crippen molar-refractivity contribution in [2.24, 2.45) is 0 Å². The van der Waals surface area contributed by atoms with Gasteiger partial charge in [0.05, 0.1) is 23.4 Å². The van der Waals surface area contributed by atoms with Crippen LogP contribution in [0.15, 0.2) is 265 Å². The Balaban J connectivity index is 1.01. The molecule has 1 spiro atoms. The first-order valence-corrected chi connectivity index (χ1v) is 26.0. The van der Waals surface area contributed by atoms with Gasteiger partial charge < -0.3 is 14.1 Å². The van der Waals surface area contributed by atoms with E-state index in [0.717, 1.165) is 99.5 Å². The molecule has 0 fully saturated rings. The van der Waals surface area contributed by atoms with Crippen molar-refractivity contribution < 1.29 is 21.5 Å². The summed E-state index contributed by atoms with van der Waals surface area (Å²) in [6.45, 7) is 4.48. The van der Waals surface area contributed by atoms with Crippen LogP contribution in [0.5, 0.6) is 11.5 Å². The molecule has 12 aromatic carbocycles. The van der Waals surface area contributed by atoms with Gasteiger partial charge in [0.2, 0.25) is 0 Å². The maximum Gasteiger partial charge on any atom is 0.142 e. The summed E-state index contributed by atoms with van der Waals surface area (Å²) in [5.74, 6) is 1.19. The highest BCUT2D eigenvalue weighted by atomic mass is 16.5. The van der Waals surface area contributed by atoms with Crippen LogP contribution in [-0.2, 0) is 10.8 Å². The number of fused-ring (bicyclic) bond motifs is 16. The molecule has 16 rings (SSSR count). The normalized spacial score (nSPS) is 15.5. The Kier molecular flexibility index (Phi) is 7.56. The predicted octanol–water partition coefficient (Wildman–Crippen LogP) is 20.0. The van der Waals surface area contributed by atoms with Crippen molar-refractivity contribution in [3.8, 4) is 67.1 Å². The molecule has 0 saturated heterocycles. The van der Waals surface area contributed by atoms with Gasteiger partial charge in [0.25, 0.3) is 0 Å². The lowest BCUT2D eigenvalue weighted by Gasteiger charge is -2.41. The minimum Gasteiger partial charge on any atom is -0.456 e. The fourth-order valence-corrected chi connectivity index (χ4v) is 13.1. The molecule has 0 bridgehead atoms. The van der Waals surface area contributed by atoms with E-state index < -0.39 is 70.9 Å². The first-order valence-electron chi connectivity index (χ1n) is 30.5. The van der Waals surface area contributed by atoms with Crippen LogP contribution in [0.25, 0.3) is 88.3 Å². The maximum atomic E-state index is 10.2. The minimum atomic E-state index is -0.886. The van der Waals surface area contributed by atoms with E-state index >= 15 is 0 Å². The molecule has 0 N–H and O–H groups in total. The summed E-state index contributed by atoms with van der Waals surface area (Å²) in [6, 6.07) is 65.3. The molecular formula is C74H49NO2. The second-order valence-electron chi connectivity index (χ2n) is 20.8. The number of para-hydroxylation sites is 1. The van der Waals surface area contributed by atoms with Gasteiger partial charge in [0, 0.05) is 44.3 Å². The van der Waals surface area contributed by atoms with Crippen molar-refractivity contribution in [2.45, 2.75) is 24.7 Å². The molecule has 2 aliphatic carbocycles. The molecule has 3 heteroatoms. The van der Waals surface area contributed by atoms with Crippen LogP contribution in [-0.4, -0.2) is 0 Å². The zero-order valence-corrected chi connectivity index (χ0v) is 41.9. The monoisotopic (exact) mass is 992 g/mol. The minimum absolute atomic E-state index is 0.130. The standard InChI is InChI=1S/C74H49NO2/c1-73(2)60-25-11-8-23-57(60)58-44-51(35-40-61(58)73)70-66(42-41-65-72(70)77-67-29-15-14-28-64(67)74(65)62-26-12-9-21-55(62)56-22-10-13-27-63(56)74)75(52-36-31-47(32-37-52)46-17-4-3-5-18-46)53-38-33-48(34-39-53)54-24-16-30-68-71(54)59-43-49-19-6-7-20-50(49)45-69(59)76-68/h3-45H,1-2H3/i3D,4D,5D,17D,18D,31D,32D,36D,37D. The van der Waals surface area contributed by atoms with E-state index in [-0.39, 0.29) is 11.1 Å². The third kappa shape index (κ3) is 6.26. The number of ether oxygens (including phenoxy) is 1. The topological polar surface area (TPSA) is 25.6 Å². The van der Waals surface area contributed by atoms with Gasteiger partial charge in [-0.05, 0) is 144 Å². The van der Waals surface area contributed by atoms with Crippen LogP contribution in [0.3, 0.4) is 0 Å². The van der Waals surface area contributed by atoms with Crippen molar-refractivity contribution in [1.82, 2.24) is 0 Å². The van der Waals surface area contributed by atoms with Gasteiger partial charge in [-0.25, -0.2) is 0 Å². The lowest BCUT2D eigenvalue weighted by molar-refractivity contribution is 0.438. The second-order valence-corrected chi connectivity index (χ2v) is 20.8. The Morgan fingerprint density at radius 2 is 0.987 bits per heavy atom. The summed E-state index contributed by atoms with van der Waals surface area (Å²) in [6.07, 6.45) is 0. The molecule has 362 valence electrons. The van der Waals surface area contributed by atoms with E-state index in [4.69, 9.17) is 16.0 Å². The number of hydrogen-bond donors (Lipinski definition) is 0. The SMILES string of the molecule is [2H]c1c([2H])c([2H])c(-c2c([2H])c([2H])c(N(c3ccc(-c4cccc5oc6cc7ccccc7cc6c45)cc3)c3ccc4c(c3-c3ccc5c(c3)-c3ccccc3C5(C)C)Oc3ccccc3C43c4ccccc4-c4ccccc43)c([2H])c2[2H])c([2H])c1[2H]. The summed E-state index contributed by atoms with van der Waals surface area (Å²) < 4.78 is 97.6. The molecule has 0 atom stereocenters. The van der Waals surface area contributed by atoms with Crippen molar-refractivity contribution >= 4 is 49.8 Å². The largest absolute Gasteiger partial charge is 0.456 e. The third-order valence-electron chi connectivity index (χ3n) is 16.5. The zero-order valence-electron chi connectivity index (χ0n) is 50.9. The lowest BCUT2D eigenvalue weighted by atomic mass is 9.65. The molecule has 77 heavy (non-hydrogen) atoms. The first-order chi connectivity index (χ1) is 41.7. The Labute approximate surface area is 460 Å². The summed E-state index contributed by atoms with van der Waals surface area (Å²) in [7, 11) is 0. The van der Waals surface area contributed by atoms with E-state index in [1.165, 1.54) is 5.56 Å². The molecule has 0 unspecified atom stereocenters. The van der Waals surface area contributed by atoms with Crippen LogP contribution in [0.4, 0.5) is 17.1 Å². The van der Waals surface area contributed by atoms with Crippen LogP contribution in [0.1, 0.15) is 59.6 Å². The molecule has 1 aromatic heterocycles.